The summed E-state index contributed by atoms with van der Waals surface area (Å²) in [5, 5.41) is 12.4. The van der Waals surface area contributed by atoms with Crippen LogP contribution in [0.25, 0.3) is 22.1 Å². The fourth-order valence-electron chi connectivity index (χ4n) is 2.09. The number of aromatic amines is 1. The molecule has 0 aliphatic rings. The molecule has 21 heavy (non-hydrogen) atoms. The van der Waals surface area contributed by atoms with Gasteiger partial charge in [-0.15, -0.1) is 10.2 Å². The minimum absolute atomic E-state index is 0.0251. The number of carbonyl (C=O) groups is 1. The fourth-order valence-corrected chi connectivity index (χ4v) is 2.82. The SMILES string of the molecule is CCNC(=O)[C@@H](C)Sc1nnc2c(n1)[nH]c1ccccc12. The molecule has 3 aromatic rings. The molecule has 0 aliphatic carbocycles. The van der Waals surface area contributed by atoms with Gasteiger partial charge in [-0.05, 0) is 19.9 Å². The number of benzene rings is 1. The van der Waals surface area contributed by atoms with Crippen LogP contribution in [0.2, 0.25) is 0 Å². The van der Waals surface area contributed by atoms with Crippen molar-refractivity contribution in [3.63, 3.8) is 0 Å². The highest BCUT2D eigenvalue weighted by Gasteiger charge is 2.16. The Kier molecular flexibility index (Phi) is 3.74. The van der Waals surface area contributed by atoms with Crippen LogP contribution in [0, 0.1) is 0 Å². The number of aromatic nitrogens is 4. The van der Waals surface area contributed by atoms with E-state index in [0.29, 0.717) is 17.3 Å². The van der Waals surface area contributed by atoms with Crippen molar-refractivity contribution in [3.05, 3.63) is 24.3 Å². The standard InChI is InChI=1S/C14H15N5OS/c1-3-15-13(20)8(2)21-14-17-12-11(18-19-14)9-6-4-5-7-10(9)16-12/h4-8H,3H2,1-2H3,(H,15,20)(H,16,17,19)/t8-/m1/s1. The number of hydrogen-bond acceptors (Lipinski definition) is 5. The van der Waals surface area contributed by atoms with Crippen molar-refractivity contribution in [1.29, 1.82) is 0 Å². The van der Waals surface area contributed by atoms with Gasteiger partial charge in [0.05, 0.1) is 5.25 Å². The number of H-pyrrole nitrogens is 1. The number of hydrogen-bond donors (Lipinski definition) is 2. The second-order valence-corrected chi connectivity index (χ2v) is 5.92. The lowest BCUT2D eigenvalue weighted by Crippen LogP contribution is -2.30. The Bertz CT molecular complexity index is 800. The summed E-state index contributed by atoms with van der Waals surface area (Å²) < 4.78 is 0. The average Bonchev–Trinajstić information content (AvgIpc) is 2.85. The Balaban J connectivity index is 1.91. The normalized spacial score (nSPS) is 12.7. The van der Waals surface area contributed by atoms with E-state index in [1.807, 2.05) is 38.1 Å². The monoisotopic (exact) mass is 301 g/mol. The molecule has 1 atom stereocenters. The number of amides is 1. The molecule has 3 rings (SSSR count). The molecule has 6 nitrogen and oxygen atoms in total. The number of nitrogens with one attached hydrogen (secondary N) is 2. The maximum absolute atomic E-state index is 11.7. The largest absolute Gasteiger partial charge is 0.355 e. The number of carbonyl (C=O) groups excluding carboxylic acids is 1. The van der Waals surface area contributed by atoms with Crippen LogP contribution in [0.3, 0.4) is 0 Å². The lowest BCUT2D eigenvalue weighted by atomic mass is 10.2. The van der Waals surface area contributed by atoms with E-state index in [2.05, 4.69) is 25.5 Å². The number of nitrogens with zero attached hydrogens (tertiary/aromatic N) is 3. The summed E-state index contributed by atoms with van der Waals surface area (Å²) in [4.78, 5) is 19.4. The van der Waals surface area contributed by atoms with E-state index in [0.717, 1.165) is 16.4 Å². The van der Waals surface area contributed by atoms with Crippen LogP contribution >= 0.6 is 11.8 Å². The Morgan fingerprint density at radius 1 is 1.38 bits per heavy atom. The van der Waals surface area contributed by atoms with Crippen LogP contribution in [0.15, 0.2) is 29.4 Å². The van der Waals surface area contributed by atoms with Crippen LogP contribution in [-0.4, -0.2) is 37.9 Å². The zero-order chi connectivity index (χ0) is 14.8. The molecule has 108 valence electrons. The van der Waals surface area contributed by atoms with Gasteiger partial charge >= 0.3 is 0 Å². The van der Waals surface area contributed by atoms with Gasteiger partial charge < -0.3 is 10.3 Å². The molecule has 2 aromatic heterocycles. The van der Waals surface area contributed by atoms with E-state index in [9.17, 15) is 4.79 Å². The highest BCUT2D eigenvalue weighted by molar-refractivity contribution is 8.00. The summed E-state index contributed by atoms with van der Waals surface area (Å²) in [6.07, 6.45) is 0. The first-order chi connectivity index (χ1) is 10.2. The van der Waals surface area contributed by atoms with Crippen molar-refractivity contribution in [2.24, 2.45) is 0 Å². The van der Waals surface area contributed by atoms with Crippen molar-refractivity contribution in [1.82, 2.24) is 25.5 Å². The highest BCUT2D eigenvalue weighted by atomic mass is 32.2. The van der Waals surface area contributed by atoms with E-state index < -0.39 is 0 Å². The zero-order valence-corrected chi connectivity index (χ0v) is 12.6. The summed E-state index contributed by atoms with van der Waals surface area (Å²) in [6, 6.07) is 7.87. The topological polar surface area (TPSA) is 83.6 Å². The minimum Gasteiger partial charge on any atom is -0.355 e. The summed E-state index contributed by atoms with van der Waals surface area (Å²) >= 11 is 1.30. The molecule has 0 fully saturated rings. The molecule has 2 heterocycles. The lowest BCUT2D eigenvalue weighted by Gasteiger charge is -2.08. The van der Waals surface area contributed by atoms with Crippen molar-refractivity contribution in [3.8, 4) is 0 Å². The molecular weight excluding hydrogens is 286 g/mol. The van der Waals surface area contributed by atoms with Crippen LogP contribution in [0.5, 0.6) is 0 Å². The molecular formula is C14H15N5OS. The first-order valence-electron chi connectivity index (χ1n) is 6.74. The van der Waals surface area contributed by atoms with Crippen LogP contribution in [0.1, 0.15) is 13.8 Å². The van der Waals surface area contributed by atoms with Gasteiger partial charge in [0.1, 0.15) is 5.52 Å². The maximum atomic E-state index is 11.7. The molecule has 0 saturated heterocycles. The minimum atomic E-state index is -0.256. The van der Waals surface area contributed by atoms with Gasteiger partial charge in [0.15, 0.2) is 5.65 Å². The predicted octanol–water partition coefficient (Wildman–Crippen LogP) is 2.12. The van der Waals surface area contributed by atoms with Crippen LogP contribution in [-0.2, 0) is 4.79 Å². The summed E-state index contributed by atoms with van der Waals surface area (Å²) in [5.41, 5.74) is 2.42. The van der Waals surface area contributed by atoms with Crippen LogP contribution in [0.4, 0.5) is 0 Å². The average molecular weight is 301 g/mol. The number of fused-ring (bicyclic) bond motifs is 3. The quantitative estimate of drug-likeness (QED) is 0.721. The molecule has 1 amide bonds. The first-order valence-corrected chi connectivity index (χ1v) is 7.62. The smallest absolute Gasteiger partial charge is 0.233 e. The van der Waals surface area contributed by atoms with Gasteiger partial charge in [-0.25, -0.2) is 4.98 Å². The van der Waals surface area contributed by atoms with E-state index >= 15 is 0 Å². The second kappa shape index (κ2) is 5.69. The van der Waals surface area contributed by atoms with Gasteiger partial charge in [-0.2, -0.15) is 0 Å². The molecule has 0 spiro atoms. The molecule has 0 saturated carbocycles. The van der Waals surface area contributed by atoms with Gasteiger partial charge in [-0.3, -0.25) is 4.79 Å². The van der Waals surface area contributed by atoms with E-state index in [-0.39, 0.29) is 11.2 Å². The molecule has 0 radical (unpaired) electrons. The van der Waals surface area contributed by atoms with Gasteiger partial charge in [-0.1, -0.05) is 30.0 Å². The van der Waals surface area contributed by atoms with Crippen molar-refractivity contribution in [2.45, 2.75) is 24.3 Å². The second-order valence-electron chi connectivity index (χ2n) is 4.62. The molecule has 1 aromatic carbocycles. The number of para-hydroxylation sites is 1. The molecule has 7 heteroatoms. The van der Waals surface area contributed by atoms with Gasteiger partial charge in [0.2, 0.25) is 11.1 Å². The van der Waals surface area contributed by atoms with Crippen molar-refractivity contribution in [2.75, 3.05) is 6.54 Å². The molecule has 0 bridgehead atoms. The van der Waals surface area contributed by atoms with Gasteiger partial charge in [0, 0.05) is 17.4 Å². The highest BCUT2D eigenvalue weighted by Crippen LogP contribution is 2.24. The maximum Gasteiger partial charge on any atom is 0.233 e. The Morgan fingerprint density at radius 2 is 2.19 bits per heavy atom. The third-order valence-electron chi connectivity index (χ3n) is 3.10. The fraction of sp³-hybridized carbons (Fsp3) is 0.286. The van der Waals surface area contributed by atoms with E-state index in [1.165, 1.54) is 11.8 Å². The third kappa shape index (κ3) is 2.69. The Morgan fingerprint density at radius 3 is 3.00 bits per heavy atom. The van der Waals surface area contributed by atoms with Crippen molar-refractivity contribution < 1.29 is 4.79 Å². The first kappa shape index (κ1) is 13.8. The van der Waals surface area contributed by atoms with E-state index in [4.69, 9.17) is 0 Å². The van der Waals surface area contributed by atoms with Crippen molar-refractivity contribution >= 4 is 39.7 Å². The molecule has 0 unspecified atom stereocenters. The number of thioether (sulfide) groups is 1. The molecule has 2 N–H and O–H groups in total. The molecule has 0 aliphatic heterocycles. The van der Waals surface area contributed by atoms with Gasteiger partial charge in [0.25, 0.3) is 0 Å². The predicted molar refractivity (Wildman–Crippen MR) is 83.2 cm³/mol. The zero-order valence-electron chi connectivity index (χ0n) is 11.8. The third-order valence-corrected chi connectivity index (χ3v) is 4.06. The Hall–Kier alpha value is -2.15. The summed E-state index contributed by atoms with van der Waals surface area (Å²) in [7, 11) is 0. The summed E-state index contributed by atoms with van der Waals surface area (Å²) in [6.45, 7) is 4.34. The lowest BCUT2D eigenvalue weighted by molar-refractivity contribution is -0.120. The number of rotatable bonds is 4. The van der Waals surface area contributed by atoms with Crippen LogP contribution < -0.4 is 5.32 Å². The Labute approximate surface area is 125 Å². The van der Waals surface area contributed by atoms with E-state index in [1.54, 1.807) is 0 Å². The summed E-state index contributed by atoms with van der Waals surface area (Å²) in [5.74, 6) is -0.0251.